The van der Waals surface area contributed by atoms with E-state index in [4.69, 9.17) is 9.15 Å². The number of furan rings is 1. The van der Waals surface area contributed by atoms with E-state index >= 15 is 0 Å². The summed E-state index contributed by atoms with van der Waals surface area (Å²) in [4.78, 5) is 0. The summed E-state index contributed by atoms with van der Waals surface area (Å²) in [6.45, 7) is 1.96. The lowest BCUT2D eigenvalue weighted by molar-refractivity contribution is 0.450. The van der Waals surface area contributed by atoms with E-state index in [0.717, 1.165) is 11.3 Å². The van der Waals surface area contributed by atoms with Crippen LogP contribution in [0, 0.1) is 0 Å². The summed E-state index contributed by atoms with van der Waals surface area (Å²) in [5, 5.41) is 0. The first kappa shape index (κ1) is 4.68. The van der Waals surface area contributed by atoms with Crippen molar-refractivity contribution in [2.75, 3.05) is 0 Å². The SMILES string of the molecule is CC=Cc1coc2c1O2. The molecule has 0 unspecified atom stereocenters. The molecule has 0 N–H and O–H groups in total. The van der Waals surface area contributed by atoms with Crippen LogP contribution in [-0.4, -0.2) is 0 Å². The third kappa shape index (κ3) is 0.560. The molecular weight excluding hydrogens is 116 g/mol. The van der Waals surface area contributed by atoms with Crippen LogP contribution in [0.1, 0.15) is 12.5 Å². The molecule has 9 heavy (non-hydrogen) atoms. The summed E-state index contributed by atoms with van der Waals surface area (Å²) < 4.78 is 9.85. The molecule has 1 aliphatic rings. The van der Waals surface area contributed by atoms with E-state index in [1.807, 2.05) is 19.1 Å². The Morgan fingerprint density at radius 2 is 2.44 bits per heavy atom. The molecule has 0 aliphatic carbocycles. The van der Waals surface area contributed by atoms with Gasteiger partial charge in [0, 0.05) is 0 Å². The quantitative estimate of drug-likeness (QED) is 0.543. The van der Waals surface area contributed by atoms with Crippen molar-refractivity contribution in [2.24, 2.45) is 0 Å². The Morgan fingerprint density at radius 1 is 1.56 bits per heavy atom. The monoisotopic (exact) mass is 122 g/mol. The normalized spacial score (nSPS) is 13.4. The van der Waals surface area contributed by atoms with Crippen molar-refractivity contribution < 1.29 is 9.15 Å². The maximum absolute atomic E-state index is 4.94. The predicted octanol–water partition coefficient (Wildman–Crippen LogP) is 2.42. The number of hydrogen-bond acceptors (Lipinski definition) is 2. The summed E-state index contributed by atoms with van der Waals surface area (Å²) in [7, 11) is 0. The molecule has 0 amide bonds. The molecule has 0 aromatic carbocycles. The minimum atomic E-state index is 0.670. The molecule has 0 saturated carbocycles. The second-order valence-corrected chi connectivity index (χ2v) is 1.91. The van der Waals surface area contributed by atoms with Crippen LogP contribution in [-0.2, 0) is 0 Å². The second kappa shape index (κ2) is 1.41. The summed E-state index contributed by atoms with van der Waals surface area (Å²) in [5.41, 5.74) is 1.03. The van der Waals surface area contributed by atoms with E-state index in [1.54, 1.807) is 6.26 Å². The Kier molecular flexibility index (Phi) is 0.730. The minimum absolute atomic E-state index is 0.670. The molecule has 46 valence electrons. The third-order valence-electron chi connectivity index (χ3n) is 1.24. The van der Waals surface area contributed by atoms with Gasteiger partial charge in [0.2, 0.25) is 5.75 Å². The largest absolute Gasteiger partial charge is 0.430 e. The Labute approximate surface area is 52.7 Å². The van der Waals surface area contributed by atoms with Crippen molar-refractivity contribution in [3.63, 3.8) is 0 Å². The van der Waals surface area contributed by atoms with E-state index in [-0.39, 0.29) is 0 Å². The van der Waals surface area contributed by atoms with Gasteiger partial charge >= 0.3 is 5.95 Å². The maximum atomic E-state index is 4.94. The number of hydrogen-bond donors (Lipinski definition) is 0. The van der Waals surface area contributed by atoms with Gasteiger partial charge < -0.3 is 9.15 Å². The molecule has 0 fully saturated rings. The summed E-state index contributed by atoms with van der Waals surface area (Å²) in [6.07, 6.45) is 5.59. The molecule has 1 aliphatic heterocycles. The lowest BCUT2D eigenvalue weighted by atomic mass is 10.3. The van der Waals surface area contributed by atoms with Crippen LogP contribution in [0.3, 0.4) is 0 Å². The summed E-state index contributed by atoms with van der Waals surface area (Å²) >= 11 is 0. The van der Waals surface area contributed by atoms with E-state index in [0.29, 0.717) is 5.95 Å². The zero-order valence-corrected chi connectivity index (χ0v) is 5.05. The Balaban J connectivity index is 2.42. The first-order valence-electron chi connectivity index (χ1n) is 2.84. The van der Waals surface area contributed by atoms with Crippen LogP contribution in [0.4, 0.5) is 0 Å². The van der Waals surface area contributed by atoms with Crippen molar-refractivity contribution in [2.45, 2.75) is 6.92 Å². The van der Waals surface area contributed by atoms with E-state index in [1.165, 1.54) is 0 Å². The van der Waals surface area contributed by atoms with Crippen molar-refractivity contribution in [3.8, 4) is 11.7 Å². The topological polar surface area (TPSA) is 25.7 Å². The van der Waals surface area contributed by atoms with E-state index in [2.05, 4.69) is 0 Å². The first-order valence-corrected chi connectivity index (χ1v) is 2.84. The van der Waals surface area contributed by atoms with Gasteiger partial charge in [-0.15, -0.1) is 0 Å². The lowest BCUT2D eigenvalue weighted by Gasteiger charge is -1.79. The third-order valence-corrected chi connectivity index (χ3v) is 1.24. The van der Waals surface area contributed by atoms with Crippen molar-refractivity contribution >= 4 is 6.08 Å². The fourth-order valence-electron chi connectivity index (χ4n) is 0.787. The van der Waals surface area contributed by atoms with Crippen LogP contribution in [0.5, 0.6) is 11.7 Å². The summed E-state index contributed by atoms with van der Waals surface area (Å²) in [5.74, 6) is 1.57. The number of ether oxygens (including phenoxy) is 1. The zero-order chi connectivity index (χ0) is 6.27. The van der Waals surface area contributed by atoms with Crippen LogP contribution in [0.25, 0.3) is 6.08 Å². The predicted molar refractivity (Wildman–Crippen MR) is 33.5 cm³/mol. The van der Waals surface area contributed by atoms with Gasteiger partial charge in [0.15, 0.2) is 0 Å². The van der Waals surface area contributed by atoms with Crippen molar-refractivity contribution in [3.05, 3.63) is 17.9 Å². The molecule has 2 heterocycles. The molecule has 2 nitrogen and oxygen atoms in total. The average Bonchev–Trinajstić information content (AvgIpc) is 2.54. The molecule has 1 aromatic rings. The highest BCUT2D eigenvalue weighted by atomic mass is 16.7. The smallest absolute Gasteiger partial charge is 0.335 e. The van der Waals surface area contributed by atoms with Gasteiger partial charge in [-0.2, -0.15) is 0 Å². The second-order valence-electron chi connectivity index (χ2n) is 1.91. The average molecular weight is 122 g/mol. The lowest BCUT2D eigenvalue weighted by Crippen LogP contribution is -1.61. The Hall–Kier alpha value is -1.18. The molecule has 1 aromatic heterocycles. The van der Waals surface area contributed by atoms with Crippen LogP contribution in [0.2, 0.25) is 0 Å². The fourth-order valence-corrected chi connectivity index (χ4v) is 0.787. The van der Waals surface area contributed by atoms with Crippen LogP contribution >= 0.6 is 0 Å². The molecule has 0 spiro atoms. The zero-order valence-electron chi connectivity index (χ0n) is 5.05. The van der Waals surface area contributed by atoms with E-state index in [9.17, 15) is 0 Å². The standard InChI is InChI=1S/C7H6O2/c1-2-3-5-4-8-7-6(5)9-7/h2-4H,1H3. The first-order chi connectivity index (χ1) is 4.42. The summed E-state index contributed by atoms with van der Waals surface area (Å²) in [6, 6.07) is 0. The highest BCUT2D eigenvalue weighted by Crippen LogP contribution is 2.50. The molecule has 0 saturated heterocycles. The highest BCUT2D eigenvalue weighted by Gasteiger charge is 2.28. The van der Waals surface area contributed by atoms with Gasteiger partial charge in [-0.05, 0) is 6.92 Å². The number of rotatable bonds is 1. The molecular formula is C7H6O2. The van der Waals surface area contributed by atoms with Gasteiger partial charge in [0.1, 0.15) is 6.26 Å². The van der Waals surface area contributed by atoms with Gasteiger partial charge in [-0.25, -0.2) is 0 Å². The van der Waals surface area contributed by atoms with E-state index < -0.39 is 0 Å². The Bertz CT molecular complexity index is 258. The van der Waals surface area contributed by atoms with Gasteiger partial charge in [-0.1, -0.05) is 12.2 Å². The molecule has 2 heteroatoms. The van der Waals surface area contributed by atoms with Gasteiger partial charge in [-0.3, -0.25) is 0 Å². The van der Waals surface area contributed by atoms with Gasteiger partial charge in [0.05, 0.1) is 5.56 Å². The minimum Gasteiger partial charge on any atom is -0.430 e. The maximum Gasteiger partial charge on any atom is 0.335 e. The Morgan fingerprint density at radius 3 is 2.89 bits per heavy atom. The molecule has 2 rings (SSSR count). The van der Waals surface area contributed by atoms with Crippen molar-refractivity contribution in [1.29, 1.82) is 0 Å². The number of fused-ring (bicyclic) bond motifs is 1. The highest BCUT2D eigenvalue weighted by molar-refractivity contribution is 5.66. The fraction of sp³-hybridized carbons (Fsp3) is 0.143. The van der Waals surface area contributed by atoms with Gasteiger partial charge in [0.25, 0.3) is 0 Å². The molecule has 0 bridgehead atoms. The van der Waals surface area contributed by atoms with Crippen LogP contribution < -0.4 is 4.74 Å². The number of allylic oxidation sites excluding steroid dienone is 1. The molecule has 0 radical (unpaired) electrons. The molecule has 0 atom stereocenters. The van der Waals surface area contributed by atoms with Crippen molar-refractivity contribution in [1.82, 2.24) is 0 Å². The van der Waals surface area contributed by atoms with Crippen LogP contribution in [0.15, 0.2) is 16.8 Å².